The zero-order chi connectivity index (χ0) is 13.1. The van der Waals surface area contributed by atoms with Gasteiger partial charge in [0.1, 0.15) is 11.9 Å². The number of alkyl halides is 1. The number of thioether (sulfide) groups is 1. The van der Waals surface area contributed by atoms with E-state index in [1.165, 1.54) is 5.75 Å². The fourth-order valence-corrected chi connectivity index (χ4v) is 4.41. The fraction of sp³-hybridized carbons (Fsp3) is 0.643. The van der Waals surface area contributed by atoms with Gasteiger partial charge in [0.15, 0.2) is 0 Å². The Labute approximate surface area is 126 Å². The Morgan fingerprint density at radius 1 is 1.53 bits per heavy atom. The van der Waals surface area contributed by atoms with Crippen LogP contribution in [0.5, 0.6) is 5.75 Å². The van der Waals surface area contributed by atoms with Crippen molar-refractivity contribution >= 4 is 27.7 Å². The van der Waals surface area contributed by atoms with Crippen molar-refractivity contribution in [2.45, 2.75) is 36.3 Å². The van der Waals surface area contributed by atoms with Crippen LogP contribution in [0.2, 0.25) is 0 Å². The first-order valence-corrected chi connectivity index (χ1v) is 8.97. The van der Waals surface area contributed by atoms with Crippen LogP contribution in [0.4, 0.5) is 0 Å². The van der Waals surface area contributed by atoms with E-state index in [2.05, 4.69) is 20.9 Å². The Bertz CT molecular complexity index is 420. The first-order chi connectivity index (χ1) is 9.30. The average Bonchev–Trinajstić information content (AvgIpc) is 2.88. The summed E-state index contributed by atoms with van der Waals surface area (Å²) < 4.78 is 12.1. The van der Waals surface area contributed by atoms with Gasteiger partial charge in [-0.2, -0.15) is 11.8 Å². The van der Waals surface area contributed by atoms with Crippen molar-refractivity contribution in [1.82, 2.24) is 4.98 Å². The molecular weight excluding hydrogens is 326 g/mol. The van der Waals surface area contributed by atoms with Crippen LogP contribution in [0.15, 0.2) is 18.3 Å². The van der Waals surface area contributed by atoms with Crippen LogP contribution in [0, 0.1) is 0 Å². The Balaban J connectivity index is 1.62. The minimum Gasteiger partial charge on any atom is -0.489 e. The summed E-state index contributed by atoms with van der Waals surface area (Å²) in [4.78, 5) is 4.34. The number of ether oxygens (including phenoxy) is 2. The number of pyridine rings is 1. The van der Waals surface area contributed by atoms with Crippen LogP contribution in [-0.2, 0) is 10.1 Å². The lowest BCUT2D eigenvalue weighted by atomic mass is 9.91. The number of nitrogens with zero attached hydrogens (tertiary/aromatic N) is 1. The van der Waals surface area contributed by atoms with Crippen LogP contribution in [0.1, 0.15) is 25.0 Å². The van der Waals surface area contributed by atoms with Crippen molar-refractivity contribution in [1.29, 1.82) is 0 Å². The fourth-order valence-electron chi connectivity index (χ4n) is 2.70. The van der Waals surface area contributed by atoms with Crippen LogP contribution >= 0.6 is 27.7 Å². The highest BCUT2D eigenvalue weighted by Crippen LogP contribution is 2.39. The second-order valence-corrected chi connectivity index (χ2v) is 6.85. The molecule has 3 heterocycles. The number of hydrogen-bond acceptors (Lipinski definition) is 4. The standard InChI is InChI=1S/C14H18BrNO2S/c15-8-11-1-2-13(9-16-11)18-12-3-5-17-14(7-12)4-6-19-10-14/h1-2,9,12H,3-8,10H2. The molecule has 0 aromatic carbocycles. The molecule has 1 aromatic rings. The summed E-state index contributed by atoms with van der Waals surface area (Å²) in [7, 11) is 0. The molecule has 2 unspecified atom stereocenters. The average molecular weight is 344 g/mol. The maximum absolute atomic E-state index is 6.07. The van der Waals surface area contributed by atoms with Crippen LogP contribution in [0.3, 0.4) is 0 Å². The largest absolute Gasteiger partial charge is 0.489 e. The van der Waals surface area contributed by atoms with Crippen molar-refractivity contribution in [2.75, 3.05) is 18.1 Å². The second kappa shape index (κ2) is 6.02. The summed E-state index contributed by atoms with van der Waals surface area (Å²) in [5.74, 6) is 3.21. The van der Waals surface area contributed by atoms with Crippen molar-refractivity contribution < 1.29 is 9.47 Å². The molecule has 0 aliphatic carbocycles. The van der Waals surface area contributed by atoms with Gasteiger partial charge >= 0.3 is 0 Å². The molecule has 2 aliphatic heterocycles. The summed E-state index contributed by atoms with van der Waals surface area (Å²) in [6.07, 6.45) is 5.25. The Morgan fingerprint density at radius 2 is 2.47 bits per heavy atom. The zero-order valence-corrected chi connectivity index (χ0v) is 13.2. The van der Waals surface area contributed by atoms with E-state index in [1.807, 2.05) is 30.1 Å². The summed E-state index contributed by atoms with van der Waals surface area (Å²) in [6.45, 7) is 0.818. The van der Waals surface area contributed by atoms with E-state index in [1.54, 1.807) is 0 Å². The first kappa shape index (κ1) is 13.7. The van der Waals surface area contributed by atoms with Crippen LogP contribution in [-0.4, -0.2) is 34.8 Å². The van der Waals surface area contributed by atoms with Gasteiger partial charge in [0.25, 0.3) is 0 Å². The summed E-state index contributed by atoms with van der Waals surface area (Å²) in [6, 6.07) is 4.01. The molecule has 19 heavy (non-hydrogen) atoms. The van der Waals surface area contributed by atoms with Crippen LogP contribution < -0.4 is 4.74 Å². The van der Waals surface area contributed by atoms with Gasteiger partial charge in [-0.1, -0.05) is 15.9 Å². The summed E-state index contributed by atoms with van der Waals surface area (Å²) in [5.41, 5.74) is 1.11. The molecule has 0 saturated carbocycles. The molecule has 0 bridgehead atoms. The minimum absolute atomic E-state index is 0.0802. The molecule has 2 fully saturated rings. The number of aromatic nitrogens is 1. The zero-order valence-electron chi connectivity index (χ0n) is 10.8. The van der Waals surface area contributed by atoms with E-state index in [0.717, 1.165) is 48.4 Å². The van der Waals surface area contributed by atoms with Gasteiger partial charge in [-0.3, -0.25) is 4.98 Å². The quantitative estimate of drug-likeness (QED) is 0.787. The van der Waals surface area contributed by atoms with Crippen molar-refractivity contribution in [3.05, 3.63) is 24.0 Å². The molecule has 1 aromatic heterocycles. The molecule has 3 rings (SSSR count). The maximum atomic E-state index is 6.07. The van der Waals surface area contributed by atoms with Gasteiger partial charge in [0, 0.05) is 23.9 Å². The molecule has 3 nitrogen and oxygen atoms in total. The molecule has 0 radical (unpaired) electrons. The topological polar surface area (TPSA) is 31.4 Å². The first-order valence-electron chi connectivity index (χ1n) is 6.69. The Hall–Kier alpha value is -0.260. The number of hydrogen-bond donors (Lipinski definition) is 0. The SMILES string of the molecule is BrCc1ccc(OC2CCOC3(CCSC3)C2)cn1. The van der Waals surface area contributed by atoms with Gasteiger partial charge in [-0.05, 0) is 24.3 Å². The smallest absolute Gasteiger partial charge is 0.138 e. The van der Waals surface area contributed by atoms with Crippen molar-refractivity contribution in [3.8, 4) is 5.75 Å². The lowest BCUT2D eigenvalue weighted by Gasteiger charge is -2.37. The molecule has 2 atom stereocenters. The van der Waals surface area contributed by atoms with E-state index in [0.29, 0.717) is 0 Å². The van der Waals surface area contributed by atoms with Crippen molar-refractivity contribution in [2.24, 2.45) is 0 Å². The van der Waals surface area contributed by atoms with Gasteiger partial charge < -0.3 is 9.47 Å². The van der Waals surface area contributed by atoms with E-state index in [4.69, 9.17) is 9.47 Å². The van der Waals surface area contributed by atoms with E-state index in [-0.39, 0.29) is 11.7 Å². The Kier molecular flexibility index (Phi) is 4.34. The van der Waals surface area contributed by atoms with Crippen LogP contribution in [0.25, 0.3) is 0 Å². The monoisotopic (exact) mass is 343 g/mol. The lowest BCUT2D eigenvalue weighted by Crippen LogP contribution is -2.43. The molecule has 2 saturated heterocycles. The molecular formula is C14H18BrNO2S. The molecule has 104 valence electrons. The second-order valence-electron chi connectivity index (χ2n) is 5.19. The number of rotatable bonds is 3. The highest BCUT2D eigenvalue weighted by atomic mass is 79.9. The summed E-state index contributed by atoms with van der Waals surface area (Å²) >= 11 is 5.39. The third-order valence-corrected chi connectivity index (χ3v) is 5.55. The van der Waals surface area contributed by atoms with Gasteiger partial charge in [0.2, 0.25) is 0 Å². The van der Waals surface area contributed by atoms with Crippen molar-refractivity contribution in [3.63, 3.8) is 0 Å². The Morgan fingerprint density at radius 3 is 3.16 bits per heavy atom. The maximum Gasteiger partial charge on any atom is 0.138 e. The highest BCUT2D eigenvalue weighted by molar-refractivity contribution is 9.08. The third-order valence-electron chi connectivity index (χ3n) is 3.75. The molecule has 1 spiro atoms. The van der Waals surface area contributed by atoms with E-state index < -0.39 is 0 Å². The lowest BCUT2D eigenvalue weighted by molar-refractivity contribution is -0.0959. The number of halogens is 1. The normalized spacial score (nSPS) is 30.7. The molecule has 5 heteroatoms. The molecule has 2 aliphatic rings. The third kappa shape index (κ3) is 3.26. The van der Waals surface area contributed by atoms with Gasteiger partial charge in [0.05, 0.1) is 24.1 Å². The predicted octanol–water partition coefficient (Wildman–Crippen LogP) is 3.41. The summed E-state index contributed by atoms with van der Waals surface area (Å²) in [5, 5.41) is 0.783. The predicted molar refractivity (Wildman–Crippen MR) is 81.1 cm³/mol. The van der Waals surface area contributed by atoms with E-state index in [9.17, 15) is 0 Å². The molecule has 0 amide bonds. The van der Waals surface area contributed by atoms with Gasteiger partial charge in [-0.25, -0.2) is 0 Å². The minimum atomic E-state index is 0.0802. The molecule has 0 N–H and O–H groups in total. The highest BCUT2D eigenvalue weighted by Gasteiger charge is 2.41. The van der Waals surface area contributed by atoms with Gasteiger partial charge in [-0.15, -0.1) is 0 Å². The van der Waals surface area contributed by atoms with E-state index >= 15 is 0 Å².